The van der Waals surface area contributed by atoms with Gasteiger partial charge in [-0.2, -0.15) is 0 Å². The molecule has 21 heavy (non-hydrogen) atoms. The topological polar surface area (TPSA) is 79.5 Å². The normalized spacial score (nSPS) is 15.9. The average molecular weight is 291 g/mol. The van der Waals surface area contributed by atoms with Gasteiger partial charge in [0.1, 0.15) is 6.61 Å². The van der Waals surface area contributed by atoms with Crippen molar-refractivity contribution in [3.8, 4) is 0 Å². The molecule has 1 aliphatic heterocycles. The maximum absolute atomic E-state index is 11.6. The molecule has 0 spiro atoms. The predicted octanol–water partition coefficient (Wildman–Crippen LogP) is -0.202. The number of carbonyl (C=O) groups is 2. The molecule has 0 atom stereocenters. The number of benzene rings is 1. The molecule has 0 bridgehead atoms. The molecular formula is C15H21N3O3. The number of hydrogen-bond acceptors (Lipinski definition) is 4. The maximum Gasteiger partial charge on any atom is 0.246 e. The Morgan fingerprint density at radius 1 is 1.19 bits per heavy atom. The minimum absolute atomic E-state index is 0.0237. The first-order valence-corrected chi connectivity index (χ1v) is 6.99. The fourth-order valence-electron chi connectivity index (χ4n) is 1.91. The van der Waals surface area contributed by atoms with Gasteiger partial charge in [-0.15, -0.1) is 0 Å². The Bertz CT molecular complexity index is 486. The Kier molecular flexibility index (Phi) is 5.30. The molecule has 1 heterocycles. The van der Waals surface area contributed by atoms with E-state index in [2.05, 4.69) is 16.0 Å². The lowest BCUT2D eigenvalue weighted by atomic mass is 10.0. The van der Waals surface area contributed by atoms with Gasteiger partial charge in [0.05, 0.1) is 12.1 Å². The van der Waals surface area contributed by atoms with Crippen molar-refractivity contribution in [2.24, 2.45) is 0 Å². The average Bonchev–Trinajstić information content (AvgIpc) is 2.48. The molecule has 1 aliphatic rings. The van der Waals surface area contributed by atoms with Crippen LogP contribution in [0.2, 0.25) is 0 Å². The fraction of sp³-hybridized carbons (Fsp3) is 0.467. The van der Waals surface area contributed by atoms with E-state index in [0.717, 1.165) is 18.7 Å². The fourth-order valence-corrected chi connectivity index (χ4v) is 1.91. The quantitative estimate of drug-likeness (QED) is 0.650. The summed E-state index contributed by atoms with van der Waals surface area (Å²) in [7, 11) is 0. The standard InChI is InChI=1S/C15H21N3O3/c1-15(10-16-11-15)21-9-14(20)18-8-13(19)17-7-12-5-3-2-4-6-12/h2-6,16H,7-11H2,1H3,(H,17,19)(H,18,20). The van der Waals surface area contributed by atoms with E-state index in [1.165, 1.54) is 0 Å². The highest BCUT2D eigenvalue weighted by Gasteiger charge is 2.32. The van der Waals surface area contributed by atoms with Gasteiger partial charge in [-0.1, -0.05) is 30.3 Å². The number of carbonyl (C=O) groups excluding carboxylic acids is 2. The highest BCUT2D eigenvalue weighted by molar-refractivity contribution is 5.85. The van der Waals surface area contributed by atoms with Crippen LogP contribution in [0.4, 0.5) is 0 Å². The summed E-state index contributed by atoms with van der Waals surface area (Å²) in [6.45, 7) is 3.84. The summed E-state index contributed by atoms with van der Waals surface area (Å²) in [4.78, 5) is 23.2. The minimum atomic E-state index is -0.280. The van der Waals surface area contributed by atoms with Crippen LogP contribution in [-0.4, -0.2) is 43.7 Å². The molecule has 0 aromatic heterocycles. The zero-order chi connectivity index (χ0) is 15.1. The van der Waals surface area contributed by atoms with Gasteiger partial charge < -0.3 is 20.7 Å². The van der Waals surface area contributed by atoms with Crippen LogP contribution in [0.5, 0.6) is 0 Å². The van der Waals surface area contributed by atoms with Crippen LogP contribution in [0, 0.1) is 0 Å². The van der Waals surface area contributed by atoms with E-state index in [9.17, 15) is 9.59 Å². The second-order valence-corrected chi connectivity index (χ2v) is 5.38. The van der Waals surface area contributed by atoms with Gasteiger partial charge in [0.15, 0.2) is 0 Å². The van der Waals surface area contributed by atoms with Crippen LogP contribution in [-0.2, 0) is 20.9 Å². The van der Waals surface area contributed by atoms with Gasteiger partial charge in [0, 0.05) is 19.6 Å². The summed E-state index contributed by atoms with van der Waals surface area (Å²) in [5.74, 6) is -0.498. The molecule has 1 saturated heterocycles. The molecular weight excluding hydrogens is 270 g/mol. The number of amides is 2. The SMILES string of the molecule is CC1(OCC(=O)NCC(=O)NCc2ccccc2)CNC1. The zero-order valence-electron chi connectivity index (χ0n) is 12.1. The Morgan fingerprint density at radius 2 is 1.90 bits per heavy atom. The zero-order valence-corrected chi connectivity index (χ0v) is 12.1. The van der Waals surface area contributed by atoms with E-state index < -0.39 is 0 Å². The van der Waals surface area contributed by atoms with Gasteiger partial charge in [0.2, 0.25) is 11.8 Å². The molecule has 6 nitrogen and oxygen atoms in total. The van der Waals surface area contributed by atoms with Crippen LogP contribution in [0.1, 0.15) is 12.5 Å². The van der Waals surface area contributed by atoms with Crippen molar-refractivity contribution >= 4 is 11.8 Å². The smallest absolute Gasteiger partial charge is 0.246 e. The molecule has 0 saturated carbocycles. The lowest BCUT2D eigenvalue weighted by molar-refractivity contribution is -0.137. The van der Waals surface area contributed by atoms with E-state index in [-0.39, 0.29) is 30.6 Å². The first-order chi connectivity index (χ1) is 10.1. The van der Waals surface area contributed by atoms with Crippen molar-refractivity contribution in [2.75, 3.05) is 26.2 Å². The van der Waals surface area contributed by atoms with Gasteiger partial charge in [-0.3, -0.25) is 9.59 Å². The van der Waals surface area contributed by atoms with Crippen LogP contribution >= 0.6 is 0 Å². The summed E-state index contributed by atoms with van der Waals surface area (Å²) in [5, 5.41) is 8.37. The van der Waals surface area contributed by atoms with Crippen molar-refractivity contribution in [1.82, 2.24) is 16.0 Å². The summed E-state index contributed by atoms with van der Waals surface area (Å²) >= 11 is 0. The van der Waals surface area contributed by atoms with Gasteiger partial charge in [-0.05, 0) is 12.5 Å². The van der Waals surface area contributed by atoms with E-state index in [0.29, 0.717) is 6.54 Å². The third-order valence-electron chi connectivity index (χ3n) is 3.33. The van der Waals surface area contributed by atoms with Crippen molar-refractivity contribution in [1.29, 1.82) is 0 Å². The molecule has 2 rings (SSSR count). The molecule has 0 unspecified atom stereocenters. The molecule has 0 aliphatic carbocycles. The van der Waals surface area contributed by atoms with Crippen LogP contribution in [0.25, 0.3) is 0 Å². The van der Waals surface area contributed by atoms with Crippen molar-refractivity contribution in [2.45, 2.75) is 19.1 Å². The number of nitrogens with one attached hydrogen (secondary N) is 3. The van der Waals surface area contributed by atoms with Crippen molar-refractivity contribution in [3.05, 3.63) is 35.9 Å². The molecule has 6 heteroatoms. The van der Waals surface area contributed by atoms with E-state index >= 15 is 0 Å². The number of hydrogen-bond donors (Lipinski definition) is 3. The van der Waals surface area contributed by atoms with Gasteiger partial charge in [0.25, 0.3) is 0 Å². The van der Waals surface area contributed by atoms with E-state index in [1.807, 2.05) is 37.3 Å². The van der Waals surface area contributed by atoms with Crippen LogP contribution in [0.15, 0.2) is 30.3 Å². The molecule has 3 N–H and O–H groups in total. The molecule has 1 aromatic carbocycles. The summed E-state index contributed by atoms with van der Waals surface area (Å²) in [6, 6.07) is 9.61. The highest BCUT2D eigenvalue weighted by atomic mass is 16.5. The van der Waals surface area contributed by atoms with Crippen molar-refractivity contribution in [3.63, 3.8) is 0 Å². The Balaban J connectivity index is 1.59. The van der Waals surface area contributed by atoms with Crippen LogP contribution in [0.3, 0.4) is 0 Å². The summed E-state index contributed by atoms with van der Waals surface area (Å²) in [6.07, 6.45) is 0. The lowest BCUT2D eigenvalue weighted by Crippen LogP contribution is -2.59. The largest absolute Gasteiger partial charge is 0.363 e. The molecule has 2 amide bonds. The Hall–Kier alpha value is -1.92. The first-order valence-electron chi connectivity index (χ1n) is 6.99. The molecule has 1 fully saturated rings. The minimum Gasteiger partial charge on any atom is -0.363 e. The second kappa shape index (κ2) is 7.19. The molecule has 1 aromatic rings. The molecule has 0 radical (unpaired) electrons. The summed E-state index contributed by atoms with van der Waals surface area (Å²) in [5.41, 5.74) is 0.762. The lowest BCUT2D eigenvalue weighted by Gasteiger charge is -2.38. The number of rotatable bonds is 7. The first kappa shape index (κ1) is 15.5. The monoisotopic (exact) mass is 291 g/mol. The highest BCUT2D eigenvalue weighted by Crippen LogP contribution is 2.14. The Morgan fingerprint density at radius 3 is 2.52 bits per heavy atom. The second-order valence-electron chi connectivity index (χ2n) is 5.38. The van der Waals surface area contributed by atoms with Gasteiger partial charge >= 0.3 is 0 Å². The third-order valence-corrected chi connectivity index (χ3v) is 3.33. The van der Waals surface area contributed by atoms with E-state index in [1.54, 1.807) is 0 Å². The Labute approximate surface area is 124 Å². The van der Waals surface area contributed by atoms with Gasteiger partial charge in [-0.25, -0.2) is 0 Å². The van der Waals surface area contributed by atoms with Crippen molar-refractivity contribution < 1.29 is 14.3 Å². The van der Waals surface area contributed by atoms with E-state index in [4.69, 9.17) is 4.74 Å². The number of ether oxygens (including phenoxy) is 1. The van der Waals surface area contributed by atoms with Crippen LogP contribution < -0.4 is 16.0 Å². The maximum atomic E-state index is 11.6. The summed E-state index contributed by atoms with van der Waals surface area (Å²) < 4.78 is 5.48. The third kappa shape index (κ3) is 5.17. The predicted molar refractivity (Wildman–Crippen MR) is 78.5 cm³/mol. The molecule has 114 valence electrons.